The number of carbonyl (C=O) groups is 2. The first kappa shape index (κ1) is 22.9. The van der Waals surface area contributed by atoms with Crippen molar-refractivity contribution >= 4 is 11.7 Å². The van der Waals surface area contributed by atoms with Crippen LogP contribution in [-0.2, 0) is 6.42 Å². The molecule has 2 aromatic rings. The van der Waals surface area contributed by atoms with Gasteiger partial charge in [0.15, 0.2) is 17.2 Å². The Hall–Kier alpha value is -3.30. The van der Waals surface area contributed by atoms with Crippen LogP contribution in [0.25, 0.3) is 0 Å². The molecular formula is C23H24F3N3O4. The van der Waals surface area contributed by atoms with Crippen LogP contribution in [0.3, 0.4) is 0 Å². The number of pyridine rings is 1. The Labute approximate surface area is 188 Å². The van der Waals surface area contributed by atoms with Crippen molar-refractivity contribution in [3.8, 4) is 5.75 Å². The standard InChI is InChI=1S/C23H24F3N3O4/c24-9-3-10-27-19-4-1-2-11-28(19)29-13-16(21(31)22(32)20(29)23(27)33)18(30)8-6-14-5-7-15(25)12-17(14)26/h5,7,12-13,19,32H,1-4,6,8-11H2/t19-/m0/s1. The van der Waals surface area contributed by atoms with Crippen molar-refractivity contribution in [2.24, 2.45) is 0 Å². The summed E-state index contributed by atoms with van der Waals surface area (Å²) >= 11 is 0. The summed E-state index contributed by atoms with van der Waals surface area (Å²) in [5.41, 5.74) is -1.42. The van der Waals surface area contributed by atoms with Gasteiger partial charge in [-0.25, -0.2) is 8.78 Å². The normalized spacial score (nSPS) is 17.7. The van der Waals surface area contributed by atoms with Crippen LogP contribution in [0.4, 0.5) is 13.2 Å². The van der Waals surface area contributed by atoms with Gasteiger partial charge in [-0.15, -0.1) is 0 Å². The van der Waals surface area contributed by atoms with Gasteiger partial charge in [0.25, 0.3) is 5.91 Å². The molecular weight excluding hydrogens is 439 g/mol. The van der Waals surface area contributed by atoms with Crippen LogP contribution in [0, 0.1) is 11.6 Å². The van der Waals surface area contributed by atoms with Gasteiger partial charge in [0.1, 0.15) is 17.8 Å². The highest BCUT2D eigenvalue weighted by Gasteiger charge is 2.41. The number of fused-ring (bicyclic) bond motifs is 3. The number of benzene rings is 1. The molecule has 33 heavy (non-hydrogen) atoms. The molecule has 1 saturated heterocycles. The van der Waals surface area contributed by atoms with E-state index in [1.165, 1.54) is 21.8 Å². The number of aryl methyl sites for hydroxylation is 1. The lowest BCUT2D eigenvalue weighted by atomic mass is 10.0. The maximum atomic E-state index is 13.9. The van der Waals surface area contributed by atoms with Crippen LogP contribution >= 0.6 is 0 Å². The third-order valence-electron chi connectivity index (χ3n) is 6.18. The number of rotatable bonds is 7. The lowest BCUT2D eigenvalue weighted by molar-refractivity contribution is 0.0511. The van der Waals surface area contributed by atoms with Crippen LogP contribution in [0.1, 0.15) is 58.5 Å². The van der Waals surface area contributed by atoms with E-state index in [1.54, 1.807) is 5.01 Å². The van der Waals surface area contributed by atoms with Gasteiger partial charge >= 0.3 is 0 Å². The number of amides is 1. The molecule has 1 N–H and O–H groups in total. The number of aromatic hydroxyl groups is 1. The fraction of sp³-hybridized carbons (Fsp3) is 0.435. The highest BCUT2D eigenvalue weighted by molar-refractivity contribution is 6.00. The van der Waals surface area contributed by atoms with E-state index in [0.717, 1.165) is 25.0 Å². The molecule has 1 atom stereocenters. The number of halogens is 3. The highest BCUT2D eigenvalue weighted by atomic mass is 19.1. The topological polar surface area (TPSA) is 82.8 Å². The molecule has 1 fully saturated rings. The van der Waals surface area contributed by atoms with Gasteiger partial charge in [-0.2, -0.15) is 0 Å². The quantitative estimate of drug-likeness (QED) is 0.639. The van der Waals surface area contributed by atoms with Crippen LogP contribution in [0.15, 0.2) is 29.2 Å². The van der Waals surface area contributed by atoms with Crippen LogP contribution in [-0.4, -0.2) is 52.3 Å². The van der Waals surface area contributed by atoms with E-state index in [2.05, 4.69) is 0 Å². The SMILES string of the molecule is O=C(CCc1ccc(F)cc1F)c1cn2c(c(O)c1=O)C(=O)N(CCCF)[C@@H]1CCCCN12. The van der Waals surface area contributed by atoms with Gasteiger partial charge in [0, 0.05) is 31.8 Å². The van der Waals surface area contributed by atoms with E-state index in [4.69, 9.17) is 0 Å². The highest BCUT2D eigenvalue weighted by Crippen LogP contribution is 2.30. The molecule has 2 aliphatic rings. The summed E-state index contributed by atoms with van der Waals surface area (Å²) in [4.78, 5) is 40.2. The monoisotopic (exact) mass is 463 g/mol. The predicted molar refractivity (Wildman–Crippen MR) is 114 cm³/mol. The minimum atomic E-state index is -0.986. The van der Waals surface area contributed by atoms with E-state index >= 15 is 0 Å². The molecule has 7 nitrogen and oxygen atoms in total. The number of aromatic nitrogens is 1. The van der Waals surface area contributed by atoms with Gasteiger partial charge in [-0.1, -0.05) is 6.07 Å². The molecule has 4 rings (SSSR count). The maximum absolute atomic E-state index is 13.9. The number of hydrogen-bond acceptors (Lipinski definition) is 5. The first-order valence-electron chi connectivity index (χ1n) is 10.9. The molecule has 3 heterocycles. The summed E-state index contributed by atoms with van der Waals surface area (Å²) < 4.78 is 41.1. The van der Waals surface area contributed by atoms with Crippen LogP contribution in [0.5, 0.6) is 5.75 Å². The molecule has 0 saturated carbocycles. The molecule has 0 spiro atoms. The second kappa shape index (κ2) is 9.29. The van der Waals surface area contributed by atoms with E-state index in [-0.39, 0.29) is 48.8 Å². The average molecular weight is 463 g/mol. The Morgan fingerprint density at radius 1 is 1.18 bits per heavy atom. The van der Waals surface area contributed by atoms with E-state index < -0.39 is 41.2 Å². The van der Waals surface area contributed by atoms with Crippen molar-refractivity contribution in [3.05, 3.63) is 63.1 Å². The second-order valence-corrected chi connectivity index (χ2v) is 8.25. The van der Waals surface area contributed by atoms with Crippen molar-refractivity contribution in [2.45, 2.75) is 44.7 Å². The third-order valence-corrected chi connectivity index (χ3v) is 6.18. The molecule has 0 unspecified atom stereocenters. The average Bonchev–Trinajstić information content (AvgIpc) is 2.80. The maximum Gasteiger partial charge on any atom is 0.278 e. The van der Waals surface area contributed by atoms with Gasteiger partial charge in [0.2, 0.25) is 5.43 Å². The molecule has 0 aliphatic carbocycles. The minimum absolute atomic E-state index is 0.0603. The second-order valence-electron chi connectivity index (χ2n) is 8.25. The molecule has 176 valence electrons. The first-order chi connectivity index (χ1) is 15.8. The number of alkyl halides is 1. The van der Waals surface area contributed by atoms with Gasteiger partial charge in [0.05, 0.1) is 12.2 Å². The number of piperidine rings is 1. The number of carbonyl (C=O) groups excluding carboxylic acids is 2. The summed E-state index contributed by atoms with van der Waals surface area (Å²) in [6.45, 7) is 0.0687. The Morgan fingerprint density at radius 2 is 1.97 bits per heavy atom. The molecule has 0 bridgehead atoms. The number of hydrogen-bond donors (Lipinski definition) is 1. The fourth-order valence-electron chi connectivity index (χ4n) is 4.52. The summed E-state index contributed by atoms with van der Waals surface area (Å²) in [6, 6.07) is 3.04. The van der Waals surface area contributed by atoms with Crippen molar-refractivity contribution in [2.75, 3.05) is 24.8 Å². The number of nitrogens with zero attached hydrogens (tertiary/aromatic N) is 3. The van der Waals surface area contributed by atoms with Gasteiger partial charge < -0.3 is 10.0 Å². The van der Waals surface area contributed by atoms with Crippen LogP contribution in [0.2, 0.25) is 0 Å². The van der Waals surface area contributed by atoms with Crippen molar-refractivity contribution in [1.29, 1.82) is 0 Å². The smallest absolute Gasteiger partial charge is 0.278 e. The Balaban J connectivity index is 1.67. The van der Waals surface area contributed by atoms with Crippen LogP contribution < -0.4 is 10.4 Å². The fourth-order valence-corrected chi connectivity index (χ4v) is 4.52. The third kappa shape index (κ3) is 4.21. The molecule has 1 amide bonds. The van der Waals surface area contributed by atoms with Crippen molar-refractivity contribution in [1.82, 2.24) is 9.58 Å². The van der Waals surface area contributed by atoms with E-state index in [9.17, 15) is 32.7 Å². The largest absolute Gasteiger partial charge is 0.502 e. The van der Waals surface area contributed by atoms with E-state index in [0.29, 0.717) is 13.0 Å². The minimum Gasteiger partial charge on any atom is -0.502 e. The Kier molecular flexibility index (Phi) is 6.44. The summed E-state index contributed by atoms with van der Waals surface area (Å²) in [6.07, 6.45) is 3.02. The summed E-state index contributed by atoms with van der Waals surface area (Å²) in [7, 11) is 0. The zero-order valence-corrected chi connectivity index (χ0v) is 17.9. The zero-order chi connectivity index (χ0) is 23.7. The summed E-state index contributed by atoms with van der Waals surface area (Å²) in [5.74, 6) is -3.58. The number of Topliss-reactive ketones (excluding diaryl/α,β-unsaturated/α-hetero) is 1. The van der Waals surface area contributed by atoms with Gasteiger partial charge in [-0.05, 0) is 43.7 Å². The predicted octanol–water partition coefficient (Wildman–Crippen LogP) is 2.91. The lowest BCUT2D eigenvalue weighted by Gasteiger charge is -2.49. The first-order valence-corrected chi connectivity index (χ1v) is 10.9. The zero-order valence-electron chi connectivity index (χ0n) is 17.9. The molecule has 1 aromatic carbocycles. The number of ketones is 1. The Bertz CT molecular complexity index is 1150. The van der Waals surface area contributed by atoms with Crippen molar-refractivity contribution in [3.63, 3.8) is 0 Å². The van der Waals surface area contributed by atoms with Gasteiger partial charge in [-0.3, -0.25) is 28.5 Å². The Morgan fingerprint density at radius 3 is 2.70 bits per heavy atom. The lowest BCUT2D eigenvalue weighted by Crippen LogP contribution is -2.63. The molecule has 10 heteroatoms. The molecule has 2 aliphatic heterocycles. The van der Waals surface area contributed by atoms with E-state index in [1.807, 2.05) is 0 Å². The van der Waals surface area contributed by atoms with Crippen molar-refractivity contribution < 1.29 is 27.9 Å². The summed E-state index contributed by atoms with van der Waals surface area (Å²) in [5, 5.41) is 12.4. The molecule has 0 radical (unpaired) electrons. The molecule has 1 aromatic heterocycles.